The second-order valence-corrected chi connectivity index (χ2v) is 11.9. The number of phenols is 1. The molecule has 240 valence electrons. The Kier molecular flexibility index (Phi) is 9.19. The van der Waals surface area contributed by atoms with Crippen LogP contribution in [0.1, 0.15) is 47.8 Å². The van der Waals surface area contributed by atoms with E-state index in [9.17, 15) is 39.8 Å². The summed E-state index contributed by atoms with van der Waals surface area (Å²) >= 11 is 0. The van der Waals surface area contributed by atoms with Crippen LogP contribution in [0, 0.1) is 11.7 Å². The number of aromatic hydroxyl groups is 1. The van der Waals surface area contributed by atoms with Gasteiger partial charge in [-0.3, -0.25) is 4.79 Å². The van der Waals surface area contributed by atoms with Crippen LogP contribution in [0.15, 0.2) is 97.1 Å². The molecule has 1 amide bonds. The molecular weight excluding hydrogens is 593 g/mol. The molecule has 2 aliphatic rings. The minimum atomic E-state index is -1.54. The van der Waals surface area contributed by atoms with Crippen LogP contribution in [0.4, 0.5) is 10.1 Å². The number of ether oxygens (including phenoxy) is 1. The molecule has 0 saturated carbocycles. The summed E-state index contributed by atoms with van der Waals surface area (Å²) < 4.78 is 19.2. The van der Waals surface area contributed by atoms with Crippen molar-refractivity contribution >= 4 is 11.6 Å². The fraction of sp³-hybridized carbons (Fsp3) is 0.306. The lowest BCUT2D eigenvalue weighted by molar-refractivity contribution is -0.231. The van der Waals surface area contributed by atoms with Gasteiger partial charge in [-0.15, -0.1) is 0 Å². The van der Waals surface area contributed by atoms with Crippen LogP contribution < -0.4 is 4.90 Å². The lowest BCUT2D eigenvalue weighted by Crippen LogP contribution is -2.55. The first-order valence-corrected chi connectivity index (χ1v) is 15.2. The Morgan fingerprint density at radius 3 is 2.22 bits per heavy atom. The highest BCUT2D eigenvalue weighted by Crippen LogP contribution is 2.49. The third-order valence-electron chi connectivity index (χ3n) is 9.07. The number of β-lactam (4-membered cyclic amide) rings is 1. The van der Waals surface area contributed by atoms with Crippen molar-refractivity contribution < 1.29 is 44.6 Å². The summed E-state index contributed by atoms with van der Waals surface area (Å²) in [4.78, 5) is 15.1. The molecule has 0 unspecified atom stereocenters. The highest BCUT2D eigenvalue weighted by atomic mass is 19.1. The number of amides is 1. The Hall–Kier alpha value is -4.16. The monoisotopic (exact) mass is 629 g/mol. The first-order valence-electron chi connectivity index (χ1n) is 15.2. The van der Waals surface area contributed by atoms with Gasteiger partial charge in [-0.25, -0.2) is 4.39 Å². The smallest absolute Gasteiger partial charge is 0.233 e. The van der Waals surface area contributed by atoms with Crippen molar-refractivity contribution in [2.24, 2.45) is 5.92 Å². The molecule has 9 nitrogen and oxygen atoms in total. The molecule has 0 aliphatic carbocycles. The minimum absolute atomic E-state index is 0.0661. The molecule has 2 fully saturated rings. The number of para-hydroxylation sites is 1. The first kappa shape index (κ1) is 31.8. The van der Waals surface area contributed by atoms with Crippen LogP contribution in [0.25, 0.3) is 11.1 Å². The predicted molar refractivity (Wildman–Crippen MR) is 167 cm³/mol. The van der Waals surface area contributed by atoms with Gasteiger partial charge in [0.25, 0.3) is 0 Å². The van der Waals surface area contributed by atoms with Gasteiger partial charge in [-0.1, -0.05) is 66.7 Å². The fourth-order valence-corrected chi connectivity index (χ4v) is 6.58. The number of hydrogen-bond donors (Lipinski definition) is 6. The van der Waals surface area contributed by atoms with Crippen molar-refractivity contribution in [1.29, 1.82) is 0 Å². The van der Waals surface area contributed by atoms with Crippen LogP contribution in [0.2, 0.25) is 0 Å². The molecule has 2 aliphatic heterocycles. The maximum Gasteiger partial charge on any atom is 0.233 e. The lowest BCUT2D eigenvalue weighted by atomic mass is 9.77. The zero-order valence-corrected chi connectivity index (χ0v) is 24.8. The lowest BCUT2D eigenvalue weighted by Gasteiger charge is -2.48. The SMILES string of the molecule is O=C1[C@H](CC[C@H](O)c2ccc(F)cc2)[C@@H](c2ccc(-c3ccccc3[C@@H]3O[C@H](CO)[C@@H](O)[C@H](O)[C@H]3O)cc2O)N1c1ccccc1. The molecule has 4 aromatic carbocycles. The van der Waals surface area contributed by atoms with E-state index in [1.54, 1.807) is 47.4 Å². The van der Waals surface area contributed by atoms with Crippen LogP contribution in [-0.4, -0.2) is 67.6 Å². The second kappa shape index (κ2) is 13.3. The predicted octanol–water partition coefficient (Wildman–Crippen LogP) is 3.93. The van der Waals surface area contributed by atoms with Gasteiger partial charge in [0.1, 0.15) is 42.1 Å². The maximum absolute atomic E-state index is 13.5. The summed E-state index contributed by atoms with van der Waals surface area (Å²) in [5.41, 5.74) is 3.40. The topological polar surface area (TPSA) is 151 Å². The molecule has 8 atom stereocenters. The Labute approximate surface area is 265 Å². The van der Waals surface area contributed by atoms with Gasteiger partial charge < -0.3 is 40.3 Å². The van der Waals surface area contributed by atoms with Crippen molar-refractivity contribution in [2.45, 2.75) is 55.5 Å². The molecule has 6 N–H and O–H groups in total. The fourth-order valence-electron chi connectivity index (χ4n) is 6.58. The van der Waals surface area contributed by atoms with E-state index >= 15 is 0 Å². The number of carbonyl (C=O) groups excluding carboxylic acids is 1. The standard InChI is InChI=1S/C36H36FNO8/c37-22-13-10-20(11-14-22)28(40)17-16-27-31(38(36(27)45)23-6-2-1-3-7-23)26-15-12-21(18-29(26)41)24-8-4-5-9-25(24)35-34(44)33(43)32(42)30(19-39)46-35/h1-15,18,27-28,30-35,39-44H,16-17,19H2/t27-,28+,30-,31-,32-,33+,34-,35+/m1/s1. The van der Waals surface area contributed by atoms with Crippen molar-refractivity contribution in [3.63, 3.8) is 0 Å². The highest BCUT2D eigenvalue weighted by molar-refractivity contribution is 6.03. The van der Waals surface area contributed by atoms with E-state index in [4.69, 9.17) is 4.74 Å². The van der Waals surface area contributed by atoms with Crippen molar-refractivity contribution in [2.75, 3.05) is 11.5 Å². The van der Waals surface area contributed by atoms with Gasteiger partial charge in [0.2, 0.25) is 5.91 Å². The van der Waals surface area contributed by atoms with Crippen LogP contribution in [0.3, 0.4) is 0 Å². The third-order valence-corrected chi connectivity index (χ3v) is 9.07. The maximum atomic E-state index is 13.5. The summed E-state index contributed by atoms with van der Waals surface area (Å²) in [5.74, 6) is -1.14. The van der Waals surface area contributed by atoms with Crippen molar-refractivity contribution in [3.05, 3.63) is 120 Å². The summed E-state index contributed by atoms with van der Waals surface area (Å²) in [6, 6.07) is 26.3. The average Bonchev–Trinajstić information content (AvgIpc) is 3.07. The number of anilines is 1. The van der Waals surface area contributed by atoms with Gasteiger partial charge in [-0.05, 0) is 65.4 Å². The largest absolute Gasteiger partial charge is 0.508 e. The van der Waals surface area contributed by atoms with Crippen LogP contribution in [0.5, 0.6) is 5.75 Å². The summed E-state index contributed by atoms with van der Waals surface area (Å²) in [7, 11) is 0. The van der Waals surface area contributed by atoms with Gasteiger partial charge >= 0.3 is 0 Å². The minimum Gasteiger partial charge on any atom is -0.508 e. The molecule has 0 aromatic heterocycles. The number of aliphatic hydroxyl groups excluding tert-OH is 5. The quantitative estimate of drug-likeness (QED) is 0.153. The highest BCUT2D eigenvalue weighted by Gasteiger charge is 2.49. The molecule has 2 heterocycles. The zero-order chi connectivity index (χ0) is 32.5. The normalized spacial score (nSPS) is 26.9. The van der Waals surface area contributed by atoms with Crippen molar-refractivity contribution in [3.8, 4) is 16.9 Å². The number of rotatable bonds is 9. The van der Waals surface area contributed by atoms with E-state index in [-0.39, 0.29) is 18.1 Å². The molecule has 0 radical (unpaired) electrons. The summed E-state index contributed by atoms with van der Waals surface area (Å²) in [6.07, 6.45) is -6.96. The number of benzene rings is 4. The Morgan fingerprint density at radius 2 is 1.52 bits per heavy atom. The van der Waals surface area contributed by atoms with Crippen LogP contribution in [-0.2, 0) is 9.53 Å². The Balaban J connectivity index is 1.30. The van der Waals surface area contributed by atoms with Gasteiger partial charge in [0.05, 0.1) is 24.7 Å². The molecule has 46 heavy (non-hydrogen) atoms. The number of halogens is 1. The summed E-state index contributed by atoms with van der Waals surface area (Å²) in [5, 5.41) is 63.3. The number of nitrogens with zero attached hydrogens (tertiary/aromatic N) is 1. The second-order valence-electron chi connectivity index (χ2n) is 11.9. The van der Waals surface area contributed by atoms with Crippen molar-refractivity contribution in [1.82, 2.24) is 0 Å². The van der Waals surface area contributed by atoms with E-state index in [1.807, 2.05) is 30.3 Å². The molecule has 4 aromatic rings. The molecule has 0 bridgehead atoms. The van der Waals surface area contributed by atoms with E-state index in [0.29, 0.717) is 39.9 Å². The molecule has 10 heteroatoms. The number of phenolic OH excluding ortho intramolecular Hbond substituents is 1. The van der Waals surface area contributed by atoms with Gasteiger partial charge in [-0.2, -0.15) is 0 Å². The molecule has 0 spiro atoms. The number of carbonyl (C=O) groups is 1. The first-order chi connectivity index (χ1) is 22.2. The van der Waals surface area contributed by atoms with E-state index in [1.165, 1.54) is 24.3 Å². The van der Waals surface area contributed by atoms with Crippen LogP contribution >= 0.6 is 0 Å². The molecule has 2 saturated heterocycles. The molecule has 6 rings (SSSR count). The number of aliphatic hydroxyl groups is 5. The molecular formula is C36H36FNO8. The van der Waals surface area contributed by atoms with Gasteiger partial charge in [0, 0.05) is 11.3 Å². The van der Waals surface area contributed by atoms with E-state index < -0.39 is 61.0 Å². The van der Waals surface area contributed by atoms with Gasteiger partial charge in [0.15, 0.2) is 0 Å². The van der Waals surface area contributed by atoms with E-state index in [0.717, 1.165) is 0 Å². The third kappa shape index (κ3) is 5.91. The summed E-state index contributed by atoms with van der Waals surface area (Å²) in [6.45, 7) is -0.556. The Morgan fingerprint density at radius 1 is 0.826 bits per heavy atom. The number of hydrogen-bond acceptors (Lipinski definition) is 8. The zero-order valence-electron chi connectivity index (χ0n) is 24.8. The average molecular weight is 630 g/mol. The Bertz CT molecular complexity index is 1670. The van der Waals surface area contributed by atoms with E-state index in [2.05, 4.69) is 0 Å².